The largest absolute Gasteiger partial charge is 0.380 e. The lowest BCUT2D eigenvalue weighted by Gasteiger charge is -2.25. The molecule has 3 aliphatic heterocycles. The van der Waals surface area contributed by atoms with Gasteiger partial charge in [0.15, 0.2) is 5.78 Å². The fourth-order valence-electron chi connectivity index (χ4n) is 5.19. The molecule has 1 aromatic heterocycles. The summed E-state index contributed by atoms with van der Waals surface area (Å²) in [5.74, 6) is 0.863. The van der Waals surface area contributed by atoms with Crippen LogP contribution in [-0.2, 0) is 24.0 Å². The third kappa shape index (κ3) is 4.86. The van der Waals surface area contributed by atoms with Gasteiger partial charge in [0, 0.05) is 50.5 Å². The Morgan fingerprint density at radius 3 is 2.69 bits per heavy atom. The zero-order valence-electron chi connectivity index (χ0n) is 18.6. The maximum Gasteiger partial charge on any atom is 0.164 e. The van der Waals surface area contributed by atoms with E-state index in [4.69, 9.17) is 4.74 Å². The number of nitrogens with zero attached hydrogens (tertiary/aromatic N) is 3. The second-order valence-electron chi connectivity index (χ2n) is 9.32. The molecular weight excluding hydrogens is 405 g/mol. The molecule has 1 unspecified atom stereocenters. The van der Waals surface area contributed by atoms with Crippen LogP contribution in [0.1, 0.15) is 46.3 Å². The van der Waals surface area contributed by atoms with Gasteiger partial charge in [-0.1, -0.05) is 18.2 Å². The molecule has 0 N–H and O–H groups in total. The van der Waals surface area contributed by atoms with Crippen LogP contribution in [0.3, 0.4) is 0 Å². The Morgan fingerprint density at radius 2 is 1.97 bits per heavy atom. The summed E-state index contributed by atoms with van der Waals surface area (Å²) in [6.07, 6.45) is 5.92. The normalized spacial score (nSPS) is 23.8. The van der Waals surface area contributed by atoms with Crippen LogP contribution in [0.5, 0.6) is 0 Å². The van der Waals surface area contributed by atoms with Crippen LogP contribution >= 0.6 is 0 Å². The lowest BCUT2D eigenvalue weighted by Crippen LogP contribution is -2.37. The van der Waals surface area contributed by atoms with Gasteiger partial charge in [0.1, 0.15) is 12.0 Å². The average Bonchev–Trinajstić information content (AvgIpc) is 3.46. The molecule has 3 aliphatic rings. The van der Waals surface area contributed by atoms with E-state index in [1.807, 2.05) is 17.0 Å². The number of alkyl halides is 1. The van der Waals surface area contributed by atoms with E-state index >= 15 is 0 Å². The van der Waals surface area contributed by atoms with E-state index in [2.05, 4.69) is 28.1 Å². The third-order valence-electron chi connectivity index (χ3n) is 7.19. The molecule has 0 bridgehead atoms. The minimum absolute atomic E-state index is 0.108. The minimum Gasteiger partial charge on any atom is -0.380 e. The number of pyridine rings is 1. The van der Waals surface area contributed by atoms with Crippen LogP contribution in [-0.4, -0.2) is 67.3 Å². The molecule has 5 rings (SSSR count). The number of carbonyl (C=O) groups excluding carboxylic acids is 1. The first-order chi connectivity index (χ1) is 15.7. The summed E-state index contributed by atoms with van der Waals surface area (Å²) in [6.45, 7) is 5.03. The summed E-state index contributed by atoms with van der Waals surface area (Å²) in [4.78, 5) is 21.6. The Bertz CT molecular complexity index is 943. The van der Waals surface area contributed by atoms with Crippen molar-refractivity contribution in [1.29, 1.82) is 0 Å². The lowest BCUT2D eigenvalue weighted by molar-refractivity contribution is 0.0982. The van der Waals surface area contributed by atoms with Gasteiger partial charge >= 0.3 is 0 Å². The Morgan fingerprint density at radius 1 is 1.09 bits per heavy atom. The molecule has 4 heterocycles. The fourth-order valence-corrected chi connectivity index (χ4v) is 5.19. The van der Waals surface area contributed by atoms with E-state index in [0.29, 0.717) is 37.5 Å². The van der Waals surface area contributed by atoms with Crippen molar-refractivity contribution in [3.8, 4) is 0 Å². The Balaban J connectivity index is 1.16. The molecule has 0 aliphatic carbocycles. The highest BCUT2D eigenvalue weighted by Crippen LogP contribution is 2.23. The van der Waals surface area contributed by atoms with Crippen LogP contribution in [0, 0.1) is 0 Å². The van der Waals surface area contributed by atoms with E-state index in [1.165, 1.54) is 16.7 Å². The summed E-state index contributed by atoms with van der Waals surface area (Å²) in [5.41, 5.74) is 4.73. The zero-order chi connectivity index (χ0) is 21.9. The maximum absolute atomic E-state index is 13.4. The minimum atomic E-state index is -0.779. The van der Waals surface area contributed by atoms with Gasteiger partial charge in [0.2, 0.25) is 0 Å². The Labute approximate surface area is 189 Å². The van der Waals surface area contributed by atoms with Gasteiger partial charge in [-0.05, 0) is 60.9 Å². The van der Waals surface area contributed by atoms with Crippen molar-refractivity contribution < 1.29 is 13.9 Å². The number of rotatable bonds is 6. The van der Waals surface area contributed by atoms with E-state index in [9.17, 15) is 9.18 Å². The van der Waals surface area contributed by atoms with Crippen LogP contribution in [0.4, 0.5) is 10.2 Å². The van der Waals surface area contributed by atoms with Crippen molar-refractivity contribution in [3.05, 3.63) is 58.8 Å². The molecular formula is C26H32FN3O2. The van der Waals surface area contributed by atoms with Gasteiger partial charge in [0.25, 0.3) is 0 Å². The predicted octanol–water partition coefficient (Wildman–Crippen LogP) is 3.63. The van der Waals surface area contributed by atoms with Crippen molar-refractivity contribution in [2.75, 3.05) is 44.3 Å². The highest BCUT2D eigenvalue weighted by Gasteiger charge is 2.25. The number of Topliss-reactive ketones (excluding diaryl/α,β-unsaturated/α-hetero) is 1. The maximum atomic E-state index is 13.4. The molecule has 32 heavy (non-hydrogen) atoms. The molecule has 2 saturated heterocycles. The molecule has 1 aromatic carbocycles. The van der Waals surface area contributed by atoms with Crippen molar-refractivity contribution >= 4 is 11.6 Å². The first kappa shape index (κ1) is 21.5. The summed E-state index contributed by atoms with van der Waals surface area (Å²) >= 11 is 0. The van der Waals surface area contributed by atoms with Gasteiger partial charge < -0.3 is 9.64 Å². The number of hydrogen-bond donors (Lipinski definition) is 0. The number of ether oxygens (including phenoxy) is 1. The average molecular weight is 438 g/mol. The predicted molar refractivity (Wildman–Crippen MR) is 123 cm³/mol. The number of carbonyl (C=O) groups is 1. The number of aromatic nitrogens is 1. The third-order valence-corrected chi connectivity index (χ3v) is 7.19. The summed E-state index contributed by atoms with van der Waals surface area (Å²) < 4.78 is 19.0. The van der Waals surface area contributed by atoms with Crippen molar-refractivity contribution in [2.24, 2.45) is 0 Å². The standard InChI is InChI=1S/C26H32FN3O2/c27-23-9-13-30(17-23)26-6-4-22(16-28-26)25(31)5-2-19-1-3-20-7-11-29(12-8-21(20)15-19)24-10-14-32-18-24/h1,3-4,6,15-16,23-24H,2,5,7-14,17-18H2/t23-,24?/m0/s1. The van der Waals surface area contributed by atoms with Crippen LogP contribution in [0.2, 0.25) is 0 Å². The second-order valence-corrected chi connectivity index (χ2v) is 9.32. The Kier molecular flexibility index (Phi) is 6.51. The van der Waals surface area contributed by atoms with Crippen LogP contribution in [0.25, 0.3) is 0 Å². The van der Waals surface area contributed by atoms with E-state index < -0.39 is 6.17 Å². The molecule has 2 fully saturated rings. The summed E-state index contributed by atoms with van der Waals surface area (Å²) in [5, 5.41) is 0. The van der Waals surface area contributed by atoms with Gasteiger partial charge in [0.05, 0.1) is 13.2 Å². The number of fused-ring (bicyclic) bond motifs is 1. The topological polar surface area (TPSA) is 45.7 Å². The monoisotopic (exact) mass is 437 g/mol. The Hall–Kier alpha value is -2.31. The molecule has 2 aromatic rings. The number of anilines is 1. The highest BCUT2D eigenvalue weighted by atomic mass is 19.1. The van der Waals surface area contributed by atoms with Crippen LogP contribution in [0.15, 0.2) is 36.5 Å². The van der Waals surface area contributed by atoms with Crippen molar-refractivity contribution in [3.63, 3.8) is 0 Å². The van der Waals surface area contributed by atoms with E-state index in [0.717, 1.165) is 57.8 Å². The SMILES string of the molecule is O=C(CCc1ccc2c(c1)CCN(C1CCOC1)CC2)c1ccc(N2CC[C@H](F)C2)nc1. The zero-order valence-corrected chi connectivity index (χ0v) is 18.6. The molecule has 6 heteroatoms. The molecule has 0 spiro atoms. The quantitative estimate of drug-likeness (QED) is 0.646. The molecule has 170 valence electrons. The molecule has 2 atom stereocenters. The summed E-state index contributed by atoms with van der Waals surface area (Å²) in [7, 11) is 0. The van der Waals surface area contributed by atoms with Crippen molar-refractivity contribution in [2.45, 2.75) is 50.7 Å². The smallest absolute Gasteiger partial charge is 0.164 e. The number of benzene rings is 1. The molecule has 0 amide bonds. The van der Waals surface area contributed by atoms with Crippen LogP contribution < -0.4 is 4.90 Å². The fraction of sp³-hybridized carbons (Fsp3) is 0.538. The van der Waals surface area contributed by atoms with E-state index in [-0.39, 0.29) is 5.78 Å². The first-order valence-electron chi connectivity index (χ1n) is 12.0. The van der Waals surface area contributed by atoms with Gasteiger partial charge in [-0.15, -0.1) is 0 Å². The second kappa shape index (κ2) is 9.67. The molecule has 0 saturated carbocycles. The lowest BCUT2D eigenvalue weighted by atomic mass is 9.97. The first-order valence-corrected chi connectivity index (χ1v) is 12.0. The van der Waals surface area contributed by atoms with E-state index in [1.54, 1.807) is 6.20 Å². The highest BCUT2D eigenvalue weighted by molar-refractivity contribution is 5.96. The molecule has 5 nitrogen and oxygen atoms in total. The number of halogens is 1. The number of hydrogen-bond acceptors (Lipinski definition) is 5. The van der Waals surface area contributed by atoms with Gasteiger partial charge in [-0.25, -0.2) is 9.37 Å². The summed E-state index contributed by atoms with van der Waals surface area (Å²) in [6, 6.07) is 11.0. The van der Waals surface area contributed by atoms with Gasteiger partial charge in [-0.2, -0.15) is 0 Å². The number of aryl methyl sites for hydroxylation is 1. The van der Waals surface area contributed by atoms with Gasteiger partial charge in [-0.3, -0.25) is 9.69 Å². The molecule has 0 radical (unpaired) electrons. The van der Waals surface area contributed by atoms with Crippen molar-refractivity contribution in [1.82, 2.24) is 9.88 Å². The number of ketones is 1.